The van der Waals surface area contributed by atoms with Crippen molar-refractivity contribution in [3.05, 3.63) is 58.6 Å². The van der Waals surface area contributed by atoms with E-state index in [-0.39, 0.29) is 11.8 Å². The van der Waals surface area contributed by atoms with Gasteiger partial charge < -0.3 is 9.47 Å². The number of pyridine rings is 1. The third-order valence-electron chi connectivity index (χ3n) is 4.63. The topological polar surface area (TPSA) is 51.0 Å². The molecule has 0 N–H and O–H groups in total. The molecule has 1 aromatic carbocycles. The lowest BCUT2D eigenvalue weighted by molar-refractivity contribution is 0.0790. The molecule has 0 bridgehead atoms. The van der Waals surface area contributed by atoms with Gasteiger partial charge in [-0.2, -0.15) is 0 Å². The van der Waals surface area contributed by atoms with E-state index in [9.17, 15) is 4.79 Å². The van der Waals surface area contributed by atoms with Crippen molar-refractivity contribution in [3.8, 4) is 0 Å². The van der Waals surface area contributed by atoms with E-state index in [1.807, 2.05) is 48.5 Å². The molecule has 4 rings (SSSR count). The normalized spacial score (nSPS) is 17.6. The predicted molar refractivity (Wildman–Crippen MR) is 95.9 cm³/mol. The first kappa shape index (κ1) is 15.3. The van der Waals surface area contributed by atoms with E-state index >= 15 is 0 Å². The van der Waals surface area contributed by atoms with Crippen LogP contribution in [0.25, 0.3) is 11.0 Å². The van der Waals surface area contributed by atoms with Gasteiger partial charge in [0.25, 0.3) is 5.91 Å². The van der Waals surface area contributed by atoms with Crippen LogP contribution < -0.4 is 0 Å². The fraction of sp³-hybridized carbons (Fsp3) is 0.278. The number of carbonyl (C=O) groups excluding carboxylic acids is 1. The van der Waals surface area contributed by atoms with Gasteiger partial charge >= 0.3 is 0 Å². The lowest BCUT2D eigenvalue weighted by Crippen LogP contribution is -2.28. The summed E-state index contributed by atoms with van der Waals surface area (Å²) in [5.41, 5.74) is 2.71. The number of hydrogen-bond donors (Lipinski definition) is 0. The van der Waals surface area contributed by atoms with Crippen molar-refractivity contribution in [1.29, 1.82) is 0 Å². The minimum absolute atomic E-state index is 0.0826. The summed E-state index contributed by atoms with van der Waals surface area (Å²) in [6.45, 7) is 1.47. The maximum atomic E-state index is 12.7. The van der Waals surface area contributed by atoms with Gasteiger partial charge in [0.2, 0.25) is 0 Å². The van der Waals surface area contributed by atoms with Crippen LogP contribution in [0.3, 0.4) is 0 Å². The highest BCUT2D eigenvalue weighted by Crippen LogP contribution is 2.29. The van der Waals surface area contributed by atoms with Gasteiger partial charge in [-0.3, -0.25) is 9.78 Å². The first-order valence-electron chi connectivity index (χ1n) is 7.94. The van der Waals surface area contributed by atoms with E-state index in [1.54, 1.807) is 6.20 Å². The molecular weight excluding hydrogens is 368 g/mol. The van der Waals surface area contributed by atoms with Gasteiger partial charge in [-0.1, -0.05) is 22.0 Å². The van der Waals surface area contributed by atoms with Crippen LogP contribution in [0.1, 0.15) is 28.5 Å². The Morgan fingerprint density at radius 3 is 3.00 bits per heavy atom. The molecule has 3 aromatic rings. The zero-order valence-corrected chi connectivity index (χ0v) is 14.9. The van der Waals surface area contributed by atoms with Gasteiger partial charge in [-0.15, -0.1) is 0 Å². The van der Waals surface area contributed by atoms with Gasteiger partial charge in [0.05, 0.1) is 17.2 Å². The molecule has 3 heterocycles. The average Bonchev–Trinajstić information content (AvgIpc) is 3.20. The second-order valence-corrected chi connectivity index (χ2v) is 7.06. The lowest BCUT2D eigenvalue weighted by Gasteiger charge is -2.16. The number of rotatable bonds is 2. The summed E-state index contributed by atoms with van der Waals surface area (Å²) >= 11 is 3.43. The highest BCUT2D eigenvalue weighted by molar-refractivity contribution is 9.10. The molecule has 2 aromatic heterocycles. The van der Waals surface area contributed by atoms with Crippen LogP contribution in [-0.2, 0) is 7.05 Å². The third kappa shape index (κ3) is 2.60. The van der Waals surface area contributed by atoms with Crippen LogP contribution in [-0.4, -0.2) is 38.4 Å². The Morgan fingerprint density at radius 1 is 1.33 bits per heavy atom. The van der Waals surface area contributed by atoms with Gasteiger partial charge in [-0.05, 0) is 30.7 Å². The molecule has 122 valence electrons. The molecule has 1 saturated heterocycles. The molecule has 1 amide bonds. The summed E-state index contributed by atoms with van der Waals surface area (Å²) in [5.74, 6) is 1.38. The number of nitrogens with zero attached hydrogens (tertiary/aromatic N) is 4. The molecule has 24 heavy (non-hydrogen) atoms. The Balaban J connectivity index is 1.57. The highest BCUT2D eigenvalue weighted by Gasteiger charge is 2.30. The molecule has 5 nitrogen and oxygen atoms in total. The lowest BCUT2D eigenvalue weighted by atomic mass is 10.1. The molecule has 1 atom stereocenters. The van der Waals surface area contributed by atoms with E-state index in [0.717, 1.165) is 39.9 Å². The summed E-state index contributed by atoms with van der Waals surface area (Å²) in [6, 6.07) is 9.48. The summed E-state index contributed by atoms with van der Waals surface area (Å²) < 4.78 is 3.02. The van der Waals surface area contributed by atoms with Crippen molar-refractivity contribution in [3.63, 3.8) is 0 Å². The van der Waals surface area contributed by atoms with E-state index in [2.05, 4.69) is 25.5 Å². The maximum absolute atomic E-state index is 12.7. The van der Waals surface area contributed by atoms with Crippen LogP contribution >= 0.6 is 15.9 Å². The minimum atomic E-state index is 0.0826. The number of aromatic nitrogens is 3. The first-order chi connectivity index (χ1) is 11.6. The Kier molecular flexibility index (Phi) is 3.84. The van der Waals surface area contributed by atoms with Crippen molar-refractivity contribution in [2.45, 2.75) is 12.3 Å². The number of aryl methyl sites for hydroxylation is 1. The molecule has 0 radical (unpaired) electrons. The minimum Gasteiger partial charge on any atom is -0.338 e. The number of carbonyl (C=O) groups is 1. The van der Waals surface area contributed by atoms with Crippen LogP contribution in [0.15, 0.2) is 47.2 Å². The fourth-order valence-corrected chi connectivity index (χ4v) is 3.78. The van der Waals surface area contributed by atoms with Crippen molar-refractivity contribution in [2.75, 3.05) is 13.1 Å². The highest BCUT2D eigenvalue weighted by atomic mass is 79.9. The third-order valence-corrected chi connectivity index (χ3v) is 5.12. The molecule has 0 aliphatic carbocycles. The second-order valence-electron chi connectivity index (χ2n) is 6.14. The van der Waals surface area contributed by atoms with Crippen LogP contribution in [0.4, 0.5) is 0 Å². The average molecular weight is 385 g/mol. The van der Waals surface area contributed by atoms with Crippen LogP contribution in [0.2, 0.25) is 0 Å². The number of benzene rings is 1. The Morgan fingerprint density at radius 2 is 2.21 bits per heavy atom. The van der Waals surface area contributed by atoms with Crippen LogP contribution in [0.5, 0.6) is 0 Å². The van der Waals surface area contributed by atoms with Crippen LogP contribution in [0, 0.1) is 0 Å². The van der Waals surface area contributed by atoms with E-state index in [0.29, 0.717) is 6.54 Å². The summed E-state index contributed by atoms with van der Waals surface area (Å²) in [5, 5.41) is 0. The molecule has 0 saturated carbocycles. The number of amides is 1. The number of fused-ring (bicyclic) bond motifs is 1. The van der Waals surface area contributed by atoms with Crippen molar-refractivity contribution in [2.24, 2.45) is 7.05 Å². The summed E-state index contributed by atoms with van der Waals surface area (Å²) in [7, 11) is 2.02. The summed E-state index contributed by atoms with van der Waals surface area (Å²) in [4.78, 5) is 23.5. The molecule has 6 heteroatoms. The molecule has 0 spiro atoms. The second kappa shape index (κ2) is 6.02. The predicted octanol–water partition coefficient (Wildman–Crippen LogP) is 3.36. The van der Waals surface area contributed by atoms with E-state index in [1.165, 1.54) is 0 Å². The largest absolute Gasteiger partial charge is 0.338 e. The van der Waals surface area contributed by atoms with Gasteiger partial charge in [0.1, 0.15) is 5.82 Å². The molecular formula is C18H17BrN4O. The number of likely N-dealkylation sites (tertiary alicyclic amines) is 1. The monoisotopic (exact) mass is 384 g/mol. The number of imidazole rings is 1. The van der Waals surface area contributed by atoms with Crippen molar-refractivity contribution >= 4 is 32.9 Å². The number of halogens is 1. The van der Waals surface area contributed by atoms with Gasteiger partial charge in [0, 0.05) is 42.3 Å². The first-order valence-corrected chi connectivity index (χ1v) is 8.74. The van der Waals surface area contributed by atoms with E-state index in [4.69, 9.17) is 4.98 Å². The molecule has 0 unspecified atom stereocenters. The quantitative estimate of drug-likeness (QED) is 0.680. The Labute approximate surface area is 148 Å². The van der Waals surface area contributed by atoms with Crippen molar-refractivity contribution in [1.82, 2.24) is 19.4 Å². The van der Waals surface area contributed by atoms with Gasteiger partial charge in [0.15, 0.2) is 0 Å². The standard InChI is InChI=1S/C18H17BrN4O/c1-22-16-10-20-7-5-15(16)21-17(22)13-6-8-23(11-13)18(24)12-3-2-4-14(19)9-12/h2-5,7,9-10,13H,6,8,11H2,1H3/t13-/m1/s1. The smallest absolute Gasteiger partial charge is 0.253 e. The maximum Gasteiger partial charge on any atom is 0.253 e. The Bertz CT molecular complexity index is 920. The van der Waals surface area contributed by atoms with Crippen molar-refractivity contribution < 1.29 is 4.79 Å². The summed E-state index contributed by atoms with van der Waals surface area (Å²) in [6.07, 6.45) is 4.53. The molecule has 1 aliphatic heterocycles. The zero-order chi connectivity index (χ0) is 16.7. The number of hydrogen-bond acceptors (Lipinski definition) is 3. The molecule has 1 fully saturated rings. The Hall–Kier alpha value is -2.21. The van der Waals surface area contributed by atoms with Gasteiger partial charge in [-0.25, -0.2) is 4.98 Å². The van der Waals surface area contributed by atoms with E-state index < -0.39 is 0 Å². The zero-order valence-electron chi connectivity index (χ0n) is 13.3. The SMILES string of the molecule is Cn1c([C@@H]2CCN(C(=O)c3cccc(Br)c3)C2)nc2ccncc21. The molecule has 1 aliphatic rings. The fourth-order valence-electron chi connectivity index (χ4n) is 3.38.